The van der Waals surface area contributed by atoms with Crippen molar-refractivity contribution >= 4 is 0 Å². The maximum atomic E-state index is 5.70. The average molecular weight is 155 g/mol. The summed E-state index contributed by atoms with van der Waals surface area (Å²) in [6.45, 7) is 4.78. The van der Waals surface area contributed by atoms with E-state index in [2.05, 4.69) is 4.90 Å². The summed E-state index contributed by atoms with van der Waals surface area (Å²) in [6.07, 6.45) is 4.05. The van der Waals surface area contributed by atoms with Crippen LogP contribution >= 0.6 is 0 Å². The van der Waals surface area contributed by atoms with Crippen LogP contribution in [-0.2, 0) is 0 Å². The highest BCUT2D eigenvalue weighted by atomic mass is 15.4. The van der Waals surface area contributed by atoms with Gasteiger partial charge in [-0.1, -0.05) is 0 Å². The molecule has 64 valence electrons. The number of hydrogen-bond acceptors (Lipinski definition) is 3. The Morgan fingerprint density at radius 1 is 1.09 bits per heavy atom. The van der Waals surface area contributed by atoms with E-state index in [1.165, 1.54) is 32.4 Å². The van der Waals surface area contributed by atoms with Crippen LogP contribution in [0.25, 0.3) is 0 Å². The van der Waals surface area contributed by atoms with Crippen LogP contribution in [0.15, 0.2) is 0 Å². The van der Waals surface area contributed by atoms with E-state index in [9.17, 15) is 0 Å². The van der Waals surface area contributed by atoms with Crippen LogP contribution in [-0.4, -0.2) is 42.1 Å². The Kier molecular flexibility index (Phi) is 2.11. The Bertz CT molecular complexity index is 131. The molecule has 0 bridgehead atoms. The lowest BCUT2D eigenvalue weighted by atomic mass is 10.2. The molecule has 2 fully saturated rings. The fourth-order valence-electron chi connectivity index (χ4n) is 2.17. The maximum absolute atomic E-state index is 5.70. The van der Waals surface area contributed by atoms with Crippen LogP contribution in [0.1, 0.15) is 19.3 Å². The quantitative estimate of drug-likeness (QED) is 0.542. The van der Waals surface area contributed by atoms with E-state index < -0.39 is 0 Å². The van der Waals surface area contributed by atoms with Crippen molar-refractivity contribution in [3.05, 3.63) is 0 Å². The molecule has 2 aliphatic rings. The summed E-state index contributed by atoms with van der Waals surface area (Å²) in [5.41, 5.74) is 0. The van der Waals surface area contributed by atoms with E-state index in [-0.39, 0.29) is 0 Å². The van der Waals surface area contributed by atoms with E-state index in [0.29, 0.717) is 0 Å². The zero-order valence-corrected chi connectivity index (χ0v) is 7.00. The Balaban J connectivity index is 1.85. The SMILES string of the molecule is NN1CCC(N2CCCC2)C1. The van der Waals surface area contributed by atoms with Crippen molar-refractivity contribution in [2.45, 2.75) is 25.3 Å². The number of nitrogens with two attached hydrogens (primary N) is 1. The van der Waals surface area contributed by atoms with Crippen LogP contribution < -0.4 is 5.84 Å². The van der Waals surface area contributed by atoms with Gasteiger partial charge in [-0.2, -0.15) is 0 Å². The van der Waals surface area contributed by atoms with Gasteiger partial charge in [0.15, 0.2) is 0 Å². The second kappa shape index (κ2) is 3.09. The first-order valence-electron chi connectivity index (χ1n) is 4.60. The molecular weight excluding hydrogens is 138 g/mol. The molecular formula is C8H17N3. The van der Waals surface area contributed by atoms with E-state index in [1.54, 1.807) is 0 Å². The molecule has 1 unspecified atom stereocenters. The molecule has 0 aromatic rings. The van der Waals surface area contributed by atoms with Crippen molar-refractivity contribution in [1.82, 2.24) is 9.91 Å². The zero-order valence-electron chi connectivity index (χ0n) is 7.00. The van der Waals surface area contributed by atoms with Gasteiger partial charge in [0, 0.05) is 19.1 Å². The lowest BCUT2D eigenvalue weighted by molar-refractivity contribution is 0.234. The summed E-state index contributed by atoms with van der Waals surface area (Å²) in [4.78, 5) is 2.59. The summed E-state index contributed by atoms with van der Waals surface area (Å²) < 4.78 is 0. The summed E-state index contributed by atoms with van der Waals surface area (Å²) in [6, 6.07) is 0.766. The Morgan fingerprint density at radius 3 is 2.36 bits per heavy atom. The summed E-state index contributed by atoms with van der Waals surface area (Å²) >= 11 is 0. The van der Waals surface area contributed by atoms with Gasteiger partial charge in [-0.3, -0.25) is 10.7 Å². The van der Waals surface area contributed by atoms with Gasteiger partial charge in [-0.15, -0.1) is 0 Å². The predicted molar refractivity (Wildman–Crippen MR) is 45.0 cm³/mol. The molecule has 11 heavy (non-hydrogen) atoms. The molecule has 2 heterocycles. The van der Waals surface area contributed by atoms with Crippen LogP contribution in [0.4, 0.5) is 0 Å². The molecule has 0 saturated carbocycles. The minimum Gasteiger partial charge on any atom is -0.299 e. The first kappa shape index (κ1) is 7.53. The van der Waals surface area contributed by atoms with Gasteiger partial charge in [0.25, 0.3) is 0 Å². The van der Waals surface area contributed by atoms with E-state index >= 15 is 0 Å². The zero-order chi connectivity index (χ0) is 7.68. The molecule has 0 aromatic carbocycles. The van der Waals surface area contributed by atoms with Crippen LogP contribution in [0.5, 0.6) is 0 Å². The van der Waals surface area contributed by atoms with Crippen molar-refractivity contribution in [2.24, 2.45) is 5.84 Å². The number of hydrazine groups is 1. The highest BCUT2D eigenvalue weighted by molar-refractivity contribution is 4.83. The molecule has 2 N–H and O–H groups in total. The van der Waals surface area contributed by atoms with Crippen LogP contribution in [0.3, 0.4) is 0 Å². The van der Waals surface area contributed by atoms with Gasteiger partial charge in [0.1, 0.15) is 0 Å². The van der Waals surface area contributed by atoms with Crippen molar-refractivity contribution in [2.75, 3.05) is 26.2 Å². The summed E-state index contributed by atoms with van der Waals surface area (Å²) in [7, 11) is 0. The minimum absolute atomic E-state index is 0.766. The second-order valence-electron chi connectivity index (χ2n) is 3.68. The fraction of sp³-hybridized carbons (Fsp3) is 1.00. The first-order chi connectivity index (χ1) is 5.36. The number of likely N-dealkylation sites (tertiary alicyclic amines) is 1. The highest BCUT2D eigenvalue weighted by Gasteiger charge is 2.27. The molecule has 0 spiro atoms. The molecule has 1 atom stereocenters. The standard InChI is InChI=1S/C8H17N3/c9-11-6-3-8(7-11)10-4-1-2-5-10/h8H,1-7,9H2. The molecule has 3 nitrogen and oxygen atoms in total. The van der Waals surface area contributed by atoms with Crippen molar-refractivity contribution in [3.8, 4) is 0 Å². The van der Waals surface area contributed by atoms with Gasteiger partial charge < -0.3 is 0 Å². The van der Waals surface area contributed by atoms with E-state index in [1.807, 2.05) is 5.01 Å². The van der Waals surface area contributed by atoms with Crippen molar-refractivity contribution in [3.63, 3.8) is 0 Å². The third-order valence-electron chi connectivity index (χ3n) is 2.85. The second-order valence-corrected chi connectivity index (χ2v) is 3.68. The molecule has 0 aliphatic carbocycles. The lowest BCUT2D eigenvalue weighted by Gasteiger charge is -2.22. The topological polar surface area (TPSA) is 32.5 Å². The number of rotatable bonds is 1. The maximum Gasteiger partial charge on any atom is 0.0285 e. The van der Waals surface area contributed by atoms with Gasteiger partial charge >= 0.3 is 0 Å². The molecule has 2 aliphatic heterocycles. The fourth-order valence-corrected chi connectivity index (χ4v) is 2.17. The molecule has 0 radical (unpaired) electrons. The van der Waals surface area contributed by atoms with Gasteiger partial charge in [-0.05, 0) is 32.4 Å². The molecule has 3 heteroatoms. The summed E-state index contributed by atoms with van der Waals surface area (Å²) in [5.74, 6) is 5.70. The van der Waals surface area contributed by atoms with Gasteiger partial charge in [-0.25, -0.2) is 5.01 Å². The van der Waals surface area contributed by atoms with E-state index in [4.69, 9.17) is 5.84 Å². The lowest BCUT2D eigenvalue weighted by Crippen LogP contribution is -2.37. The average Bonchev–Trinajstić information content (AvgIpc) is 2.55. The van der Waals surface area contributed by atoms with Crippen LogP contribution in [0, 0.1) is 0 Å². The largest absolute Gasteiger partial charge is 0.299 e. The third kappa shape index (κ3) is 1.55. The molecule has 0 amide bonds. The van der Waals surface area contributed by atoms with Crippen molar-refractivity contribution in [1.29, 1.82) is 0 Å². The Morgan fingerprint density at radius 2 is 1.82 bits per heavy atom. The van der Waals surface area contributed by atoms with Crippen molar-refractivity contribution < 1.29 is 0 Å². The third-order valence-corrected chi connectivity index (χ3v) is 2.85. The smallest absolute Gasteiger partial charge is 0.0285 e. The molecule has 0 aromatic heterocycles. The minimum atomic E-state index is 0.766. The van der Waals surface area contributed by atoms with Gasteiger partial charge in [0.05, 0.1) is 0 Å². The predicted octanol–water partition coefficient (Wildman–Crippen LogP) is 0.0302. The molecule has 2 rings (SSSR count). The summed E-state index contributed by atoms with van der Waals surface area (Å²) in [5, 5.41) is 1.95. The van der Waals surface area contributed by atoms with Gasteiger partial charge in [0.2, 0.25) is 0 Å². The van der Waals surface area contributed by atoms with Crippen LogP contribution in [0.2, 0.25) is 0 Å². The highest BCUT2D eigenvalue weighted by Crippen LogP contribution is 2.18. The Hall–Kier alpha value is -0.120. The normalized spacial score (nSPS) is 35.2. The first-order valence-corrected chi connectivity index (χ1v) is 4.60. The number of nitrogens with zero attached hydrogens (tertiary/aromatic N) is 2. The van der Waals surface area contributed by atoms with E-state index in [0.717, 1.165) is 19.1 Å². The Labute approximate surface area is 68.1 Å². The number of hydrogen-bond donors (Lipinski definition) is 1. The monoisotopic (exact) mass is 155 g/mol. The molecule has 2 saturated heterocycles.